The van der Waals surface area contributed by atoms with Crippen LogP contribution in [0.25, 0.3) is 10.6 Å². The maximum absolute atomic E-state index is 12.2. The number of thiophene rings is 1. The molecule has 0 saturated carbocycles. The van der Waals surface area contributed by atoms with E-state index in [0.29, 0.717) is 25.3 Å². The predicted octanol–water partition coefficient (Wildman–Crippen LogP) is 3.01. The lowest BCUT2D eigenvalue weighted by Crippen LogP contribution is -2.29. The zero-order chi connectivity index (χ0) is 17.9. The Morgan fingerprint density at radius 1 is 1.27 bits per heavy atom. The fourth-order valence-electron chi connectivity index (χ4n) is 2.88. The van der Waals surface area contributed by atoms with Crippen LogP contribution in [0.5, 0.6) is 11.5 Å². The molecule has 2 aromatic heterocycles. The Kier molecular flexibility index (Phi) is 4.62. The molecular weight excluding hydrogens is 350 g/mol. The van der Waals surface area contributed by atoms with E-state index in [4.69, 9.17) is 9.47 Å². The quantitative estimate of drug-likeness (QED) is 0.725. The van der Waals surface area contributed by atoms with Crippen LogP contribution in [0.4, 0.5) is 0 Å². The van der Waals surface area contributed by atoms with Gasteiger partial charge >= 0.3 is 0 Å². The average Bonchev–Trinajstić information content (AvgIpc) is 3.35. The normalized spacial score (nSPS) is 12.3. The highest BCUT2D eigenvalue weighted by Gasteiger charge is 2.14. The molecule has 0 spiro atoms. The Labute approximate surface area is 155 Å². The number of amides is 1. The Morgan fingerprint density at radius 3 is 3.00 bits per heavy atom. The number of ether oxygens (including phenoxy) is 2. The van der Waals surface area contributed by atoms with E-state index in [1.54, 1.807) is 11.3 Å². The molecule has 0 aliphatic carbocycles. The molecule has 1 amide bonds. The predicted molar refractivity (Wildman–Crippen MR) is 99.6 cm³/mol. The van der Waals surface area contributed by atoms with E-state index in [1.165, 1.54) is 0 Å². The summed E-state index contributed by atoms with van der Waals surface area (Å²) in [6.07, 6.45) is 0.315. The molecule has 7 heteroatoms. The zero-order valence-electron chi connectivity index (χ0n) is 14.4. The van der Waals surface area contributed by atoms with Crippen LogP contribution < -0.4 is 14.8 Å². The van der Waals surface area contributed by atoms with Crippen LogP contribution in [0, 0.1) is 6.92 Å². The van der Waals surface area contributed by atoms with Crippen LogP contribution in [-0.2, 0) is 17.8 Å². The maximum Gasteiger partial charge on any atom is 0.231 e. The number of carbonyl (C=O) groups is 1. The standard InChI is InChI=1S/C19H19N3O3S/c1-13-9-15(18-3-2-8-26-18)21-22(13)7-6-20-19(23)11-14-4-5-16-17(10-14)25-12-24-16/h2-5,8-10H,6-7,11-12H2,1H3,(H,20,23). The van der Waals surface area contributed by atoms with Crippen LogP contribution in [0.2, 0.25) is 0 Å². The van der Waals surface area contributed by atoms with Gasteiger partial charge in [-0.1, -0.05) is 12.1 Å². The number of hydrogen-bond donors (Lipinski definition) is 1. The molecule has 0 unspecified atom stereocenters. The Bertz CT molecular complexity index is 918. The maximum atomic E-state index is 12.2. The first-order valence-corrected chi connectivity index (χ1v) is 9.30. The van der Waals surface area contributed by atoms with Crippen molar-refractivity contribution in [1.29, 1.82) is 0 Å². The third-order valence-electron chi connectivity index (χ3n) is 4.20. The highest BCUT2D eigenvalue weighted by atomic mass is 32.1. The van der Waals surface area contributed by atoms with Gasteiger partial charge in [-0.05, 0) is 42.1 Å². The molecule has 0 bridgehead atoms. The largest absolute Gasteiger partial charge is 0.454 e. The third kappa shape index (κ3) is 3.57. The number of nitrogens with zero attached hydrogens (tertiary/aromatic N) is 2. The van der Waals surface area contributed by atoms with E-state index in [9.17, 15) is 4.79 Å². The van der Waals surface area contributed by atoms with Gasteiger partial charge in [-0.25, -0.2) is 0 Å². The minimum absolute atomic E-state index is 0.0212. The van der Waals surface area contributed by atoms with Crippen molar-refractivity contribution in [1.82, 2.24) is 15.1 Å². The molecule has 3 aromatic rings. The van der Waals surface area contributed by atoms with E-state index >= 15 is 0 Å². The van der Waals surface area contributed by atoms with Gasteiger partial charge in [-0.15, -0.1) is 11.3 Å². The minimum Gasteiger partial charge on any atom is -0.454 e. The summed E-state index contributed by atoms with van der Waals surface area (Å²) in [5.41, 5.74) is 2.96. The van der Waals surface area contributed by atoms with Crippen molar-refractivity contribution in [2.24, 2.45) is 0 Å². The highest BCUT2D eigenvalue weighted by molar-refractivity contribution is 7.13. The van der Waals surface area contributed by atoms with Crippen LogP contribution in [0.1, 0.15) is 11.3 Å². The molecule has 3 heterocycles. The van der Waals surface area contributed by atoms with Gasteiger partial charge in [0.25, 0.3) is 0 Å². The molecule has 6 nitrogen and oxygen atoms in total. The second kappa shape index (κ2) is 7.21. The lowest BCUT2D eigenvalue weighted by atomic mass is 10.1. The van der Waals surface area contributed by atoms with E-state index in [0.717, 1.165) is 27.6 Å². The fraction of sp³-hybridized carbons (Fsp3) is 0.263. The Hall–Kier alpha value is -2.80. The van der Waals surface area contributed by atoms with Crippen LogP contribution in [0.3, 0.4) is 0 Å². The summed E-state index contributed by atoms with van der Waals surface area (Å²) in [5, 5.41) is 9.61. The van der Waals surface area contributed by atoms with Crippen molar-refractivity contribution in [3.8, 4) is 22.1 Å². The highest BCUT2D eigenvalue weighted by Crippen LogP contribution is 2.32. The van der Waals surface area contributed by atoms with Gasteiger partial charge in [0.05, 0.1) is 17.8 Å². The summed E-state index contributed by atoms with van der Waals surface area (Å²) in [4.78, 5) is 13.3. The number of hydrogen-bond acceptors (Lipinski definition) is 5. The van der Waals surface area contributed by atoms with Crippen molar-refractivity contribution in [3.63, 3.8) is 0 Å². The Morgan fingerprint density at radius 2 is 2.15 bits per heavy atom. The number of nitrogens with one attached hydrogen (secondary N) is 1. The number of carbonyl (C=O) groups excluding carboxylic acids is 1. The molecule has 1 N–H and O–H groups in total. The zero-order valence-corrected chi connectivity index (χ0v) is 15.2. The van der Waals surface area contributed by atoms with Crippen LogP contribution in [0.15, 0.2) is 41.8 Å². The summed E-state index contributed by atoms with van der Waals surface area (Å²) < 4.78 is 12.5. The van der Waals surface area contributed by atoms with Gasteiger partial charge in [0.2, 0.25) is 12.7 Å². The molecule has 26 heavy (non-hydrogen) atoms. The summed E-state index contributed by atoms with van der Waals surface area (Å²) in [6, 6.07) is 11.7. The van der Waals surface area contributed by atoms with Crippen LogP contribution >= 0.6 is 11.3 Å². The molecule has 0 saturated heterocycles. The van der Waals surface area contributed by atoms with Gasteiger partial charge in [0, 0.05) is 12.2 Å². The molecule has 0 radical (unpaired) electrons. The van der Waals surface area contributed by atoms with Gasteiger partial charge in [0.1, 0.15) is 5.69 Å². The molecule has 0 atom stereocenters. The third-order valence-corrected chi connectivity index (χ3v) is 5.09. The lowest BCUT2D eigenvalue weighted by Gasteiger charge is -2.07. The summed E-state index contributed by atoms with van der Waals surface area (Å²) >= 11 is 1.67. The second-order valence-electron chi connectivity index (χ2n) is 6.09. The van der Waals surface area contributed by atoms with Gasteiger partial charge in [-0.2, -0.15) is 5.10 Å². The Balaban J connectivity index is 1.30. The minimum atomic E-state index is -0.0212. The molecular formula is C19H19N3O3S. The van der Waals surface area contributed by atoms with Crippen molar-refractivity contribution in [2.45, 2.75) is 19.9 Å². The lowest BCUT2D eigenvalue weighted by molar-refractivity contribution is -0.120. The molecule has 134 valence electrons. The molecule has 4 rings (SSSR count). The first-order valence-electron chi connectivity index (χ1n) is 8.42. The molecule has 0 fully saturated rings. The van der Waals surface area contributed by atoms with E-state index in [2.05, 4.69) is 22.5 Å². The van der Waals surface area contributed by atoms with Crippen LogP contribution in [-0.4, -0.2) is 29.0 Å². The number of aryl methyl sites for hydroxylation is 1. The average molecular weight is 369 g/mol. The van der Waals surface area contributed by atoms with Gasteiger partial charge in [0.15, 0.2) is 11.5 Å². The van der Waals surface area contributed by atoms with Crippen molar-refractivity contribution in [2.75, 3.05) is 13.3 Å². The number of benzene rings is 1. The van der Waals surface area contributed by atoms with Crippen molar-refractivity contribution in [3.05, 3.63) is 53.0 Å². The second-order valence-corrected chi connectivity index (χ2v) is 7.03. The number of aromatic nitrogens is 2. The SMILES string of the molecule is Cc1cc(-c2cccs2)nn1CCNC(=O)Cc1ccc2c(c1)OCO2. The molecule has 1 aliphatic heterocycles. The number of fused-ring (bicyclic) bond motifs is 1. The van der Waals surface area contributed by atoms with Crippen molar-refractivity contribution < 1.29 is 14.3 Å². The summed E-state index contributed by atoms with van der Waals surface area (Å²) in [6.45, 7) is 3.44. The first-order chi connectivity index (χ1) is 12.7. The fourth-order valence-corrected chi connectivity index (χ4v) is 3.56. The molecule has 1 aromatic carbocycles. The van der Waals surface area contributed by atoms with E-state index in [-0.39, 0.29) is 12.7 Å². The topological polar surface area (TPSA) is 65.4 Å². The van der Waals surface area contributed by atoms with Gasteiger partial charge in [-0.3, -0.25) is 9.48 Å². The smallest absolute Gasteiger partial charge is 0.231 e. The number of rotatable bonds is 6. The van der Waals surface area contributed by atoms with Crippen molar-refractivity contribution >= 4 is 17.2 Å². The monoisotopic (exact) mass is 369 g/mol. The van der Waals surface area contributed by atoms with E-state index in [1.807, 2.05) is 41.3 Å². The van der Waals surface area contributed by atoms with E-state index < -0.39 is 0 Å². The summed E-state index contributed by atoms with van der Waals surface area (Å²) in [5.74, 6) is 1.40. The molecule has 1 aliphatic rings. The first kappa shape index (κ1) is 16.7. The summed E-state index contributed by atoms with van der Waals surface area (Å²) in [7, 11) is 0. The van der Waals surface area contributed by atoms with Gasteiger partial charge < -0.3 is 14.8 Å².